The number of halogens is 1. The van der Waals surface area contributed by atoms with Gasteiger partial charge in [-0.15, -0.1) is 0 Å². The standard InChI is InChI=1S/C19H22FNO2/c1-4-14-8-6-7-13(3)18(14)21-19(22)17(5-2)23-16-11-9-15(20)10-12-16/h6-12,17H,4-5H2,1-3H3,(H,21,22)/t17-/m1/s1. The minimum absolute atomic E-state index is 0.194. The van der Waals surface area contributed by atoms with Gasteiger partial charge in [0.15, 0.2) is 6.10 Å². The lowest BCUT2D eigenvalue weighted by molar-refractivity contribution is -0.122. The number of anilines is 1. The fourth-order valence-corrected chi connectivity index (χ4v) is 2.41. The van der Waals surface area contributed by atoms with Crippen LogP contribution in [0, 0.1) is 12.7 Å². The maximum Gasteiger partial charge on any atom is 0.265 e. The molecule has 0 aliphatic heterocycles. The first-order valence-electron chi connectivity index (χ1n) is 7.86. The van der Waals surface area contributed by atoms with Crippen LogP contribution in [0.3, 0.4) is 0 Å². The molecule has 4 heteroatoms. The molecule has 0 aromatic heterocycles. The normalized spacial score (nSPS) is 11.8. The van der Waals surface area contributed by atoms with Gasteiger partial charge in [-0.1, -0.05) is 32.0 Å². The first-order chi connectivity index (χ1) is 11.0. The van der Waals surface area contributed by atoms with Crippen molar-refractivity contribution in [3.05, 3.63) is 59.4 Å². The molecule has 0 saturated carbocycles. The molecule has 0 fully saturated rings. The zero-order valence-electron chi connectivity index (χ0n) is 13.7. The molecule has 1 N–H and O–H groups in total. The Morgan fingerprint density at radius 3 is 2.48 bits per heavy atom. The first-order valence-corrected chi connectivity index (χ1v) is 7.86. The number of ether oxygens (including phenoxy) is 1. The Labute approximate surface area is 136 Å². The van der Waals surface area contributed by atoms with E-state index in [-0.39, 0.29) is 11.7 Å². The average Bonchev–Trinajstić information content (AvgIpc) is 2.56. The second-order valence-electron chi connectivity index (χ2n) is 5.42. The van der Waals surface area contributed by atoms with Gasteiger partial charge in [0.05, 0.1) is 0 Å². The van der Waals surface area contributed by atoms with Crippen molar-refractivity contribution in [2.24, 2.45) is 0 Å². The Hall–Kier alpha value is -2.36. The Morgan fingerprint density at radius 2 is 1.87 bits per heavy atom. The Morgan fingerprint density at radius 1 is 1.17 bits per heavy atom. The molecule has 23 heavy (non-hydrogen) atoms. The van der Waals surface area contributed by atoms with Crippen molar-refractivity contribution >= 4 is 11.6 Å². The summed E-state index contributed by atoms with van der Waals surface area (Å²) >= 11 is 0. The third-order valence-corrected chi connectivity index (χ3v) is 3.74. The van der Waals surface area contributed by atoms with Crippen LogP contribution in [0.25, 0.3) is 0 Å². The highest BCUT2D eigenvalue weighted by Crippen LogP contribution is 2.22. The zero-order chi connectivity index (χ0) is 16.8. The van der Waals surface area contributed by atoms with Gasteiger partial charge < -0.3 is 10.1 Å². The molecule has 0 unspecified atom stereocenters. The average molecular weight is 315 g/mol. The number of benzene rings is 2. The Kier molecular flexibility index (Phi) is 5.74. The van der Waals surface area contributed by atoms with Gasteiger partial charge in [0, 0.05) is 5.69 Å². The number of amides is 1. The Balaban J connectivity index is 2.13. The highest BCUT2D eigenvalue weighted by Gasteiger charge is 2.20. The molecule has 2 aromatic carbocycles. The predicted molar refractivity (Wildman–Crippen MR) is 90.3 cm³/mol. The smallest absolute Gasteiger partial charge is 0.265 e. The molecule has 0 aliphatic carbocycles. The van der Waals surface area contributed by atoms with Crippen LogP contribution in [0.2, 0.25) is 0 Å². The number of carbonyl (C=O) groups is 1. The van der Waals surface area contributed by atoms with Crippen LogP contribution < -0.4 is 10.1 Å². The van der Waals surface area contributed by atoms with E-state index < -0.39 is 6.10 Å². The van der Waals surface area contributed by atoms with Crippen LogP contribution in [0.15, 0.2) is 42.5 Å². The van der Waals surface area contributed by atoms with Crippen molar-refractivity contribution in [3.63, 3.8) is 0 Å². The summed E-state index contributed by atoms with van der Waals surface area (Å²) in [6.45, 7) is 5.90. The van der Waals surface area contributed by atoms with E-state index >= 15 is 0 Å². The first kappa shape index (κ1) is 17.0. The third-order valence-electron chi connectivity index (χ3n) is 3.74. The van der Waals surface area contributed by atoms with Crippen LogP contribution in [0.5, 0.6) is 5.75 Å². The summed E-state index contributed by atoms with van der Waals surface area (Å²) in [6.07, 6.45) is 0.744. The molecular weight excluding hydrogens is 293 g/mol. The lowest BCUT2D eigenvalue weighted by atomic mass is 10.1. The van der Waals surface area contributed by atoms with Crippen LogP contribution >= 0.6 is 0 Å². The van der Waals surface area contributed by atoms with Crippen molar-refractivity contribution in [1.29, 1.82) is 0 Å². The molecule has 122 valence electrons. The van der Waals surface area contributed by atoms with Gasteiger partial charge >= 0.3 is 0 Å². The van der Waals surface area contributed by atoms with Crippen LogP contribution in [-0.2, 0) is 11.2 Å². The summed E-state index contributed by atoms with van der Waals surface area (Å²) < 4.78 is 18.6. The number of aryl methyl sites for hydroxylation is 2. The van der Waals surface area contributed by atoms with Crippen molar-refractivity contribution < 1.29 is 13.9 Å². The van der Waals surface area contributed by atoms with Gasteiger partial charge in [0.2, 0.25) is 0 Å². The second kappa shape index (κ2) is 7.77. The molecule has 0 aliphatic rings. The minimum Gasteiger partial charge on any atom is -0.481 e. The fraction of sp³-hybridized carbons (Fsp3) is 0.316. The third kappa shape index (κ3) is 4.31. The number of hydrogen-bond acceptors (Lipinski definition) is 2. The van der Waals surface area contributed by atoms with E-state index in [9.17, 15) is 9.18 Å². The molecule has 0 heterocycles. The van der Waals surface area contributed by atoms with E-state index in [0.717, 1.165) is 23.2 Å². The topological polar surface area (TPSA) is 38.3 Å². The number of para-hydroxylation sites is 1. The van der Waals surface area contributed by atoms with Crippen molar-refractivity contribution in [2.75, 3.05) is 5.32 Å². The molecule has 2 aromatic rings. The summed E-state index contributed by atoms with van der Waals surface area (Å²) in [6, 6.07) is 11.6. The summed E-state index contributed by atoms with van der Waals surface area (Å²) in [7, 11) is 0. The molecule has 1 atom stereocenters. The van der Waals surface area contributed by atoms with E-state index in [0.29, 0.717) is 12.2 Å². The quantitative estimate of drug-likeness (QED) is 0.853. The lowest BCUT2D eigenvalue weighted by Gasteiger charge is -2.19. The summed E-state index contributed by atoms with van der Waals surface area (Å²) in [5, 5.41) is 2.97. The van der Waals surface area contributed by atoms with Gasteiger partial charge in [0.1, 0.15) is 11.6 Å². The molecule has 0 radical (unpaired) electrons. The molecule has 1 amide bonds. The fourth-order valence-electron chi connectivity index (χ4n) is 2.41. The highest BCUT2D eigenvalue weighted by molar-refractivity contribution is 5.95. The molecule has 0 bridgehead atoms. The highest BCUT2D eigenvalue weighted by atomic mass is 19.1. The number of rotatable bonds is 6. The molecule has 0 saturated heterocycles. The number of hydrogen-bond donors (Lipinski definition) is 1. The van der Waals surface area contributed by atoms with E-state index in [1.54, 1.807) is 0 Å². The van der Waals surface area contributed by atoms with Crippen LogP contribution in [-0.4, -0.2) is 12.0 Å². The SMILES string of the molecule is CCc1cccc(C)c1NC(=O)[C@@H](CC)Oc1ccc(F)cc1. The van der Waals surface area contributed by atoms with Gasteiger partial charge in [-0.2, -0.15) is 0 Å². The monoisotopic (exact) mass is 315 g/mol. The largest absolute Gasteiger partial charge is 0.481 e. The number of carbonyl (C=O) groups excluding carboxylic acids is 1. The minimum atomic E-state index is -0.621. The molecule has 2 rings (SSSR count). The zero-order valence-corrected chi connectivity index (χ0v) is 13.7. The maximum absolute atomic E-state index is 12.9. The Bertz CT molecular complexity index is 668. The molecule has 3 nitrogen and oxygen atoms in total. The van der Waals surface area contributed by atoms with Gasteiger partial charge in [-0.05, 0) is 55.2 Å². The van der Waals surface area contributed by atoms with Gasteiger partial charge in [-0.25, -0.2) is 4.39 Å². The summed E-state index contributed by atoms with van der Waals surface area (Å²) in [5.41, 5.74) is 2.96. The lowest BCUT2D eigenvalue weighted by Crippen LogP contribution is -2.33. The predicted octanol–water partition coefficient (Wildman–Crippen LogP) is 4.49. The summed E-state index contributed by atoms with van der Waals surface area (Å²) in [4.78, 5) is 12.5. The summed E-state index contributed by atoms with van der Waals surface area (Å²) in [5.74, 6) is -0.0444. The number of nitrogens with one attached hydrogen (secondary N) is 1. The van der Waals surface area contributed by atoms with E-state index in [1.807, 2.05) is 32.0 Å². The molecule has 0 spiro atoms. The van der Waals surface area contributed by atoms with Gasteiger partial charge in [-0.3, -0.25) is 4.79 Å². The van der Waals surface area contributed by atoms with Crippen molar-refractivity contribution in [3.8, 4) is 5.75 Å². The van der Waals surface area contributed by atoms with Gasteiger partial charge in [0.25, 0.3) is 5.91 Å². The van der Waals surface area contributed by atoms with Crippen molar-refractivity contribution in [1.82, 2.24) is 0 Å². The maximum atomic E-state index is 12.9. The van der Waals surface area contributed by atoms with Crippen molar-refractivity contribution in [2.45, 2.75) is 39.7 Å². The van der Waals surface area contributed by atoms with Crippen LogP contribution in [0.1, 0.15) is 31.4 Å². The van der Waals surface area contributed by atoms with E-state index in [2.05, 4.69) is 12.2 Å². The van der Waals surface area contributed by atoms with E-state index in [1.165, 1.54) is 24.3 Å². The molecular formula is C19H22FNO2. The second-order valence-corrected chi connectivity index (χ2v) is 5.42. The van der Waals surface area contributed by atoms with E-state index in [4.69, 9.17) is 4.74 Å². The van der Waals surface area contributed by atoms with Crippen LogP contribution in [0.4, 0.5) is 10.1 Å².